The Kier molecular flexibility index (Phi) is 4.26. The fourth-order valence-corrected chi connectivity index (χ4v) is 4.98. The highest BCUT2D eigenvalue weighted by Gasteiger charge is 2.66. The van der Waals surface area contributed by atoms with Crippen molar-refractivity contribution in [3.63, 3.8) is 0 Å². The Morgan fingerprint density at radius 2 is 1.77 bits per heavy atom. The highest BCUT2D eigenvalue weighted by atomic mass is 16.3. The van der Waals surface area contributed by atoms with E-state index < -0.39 is 29.3 Å². The van der Waals surface area contributed by atoms with Gasteiger partial charge >= 0.3 is 0 Å². The van der Waals surface area contributed by atoms with Crippen LogP contribution < -0.4 is 10.6 Å². The number of fused-ring (bicyclic) bond motifs is 3. The number of benzene rings is 2. The van der Waals surface area contributed by atoms with Crippen molar-refractivity contribution >= 4 is 23.5 Å². The van der Waals surface area contributed by atoms with Crippen LogP contribution >= 0.6 is 0 Å². The number of hydrogen-bond donors (Lipinski definition) is 1. The average Bonchev–Trinajstić information content (AvgIpc) is 3.43. The molecule has 4 atom stereocenters. The minimum atomic E-state index is -1.68. The van der Waals surface area contributed by atoms with E-state index in [9.17, 15) is 14.9 Å². The van der Waals surface area contributed by atoms with Crippen molar-refractivity contribution in [3.05, 3.63) is 96.0 Å². The Hall–Kier alpha value is -4.11. The number of amides is 1. The fraction of sp³-hybridized carbons (Fsp3) is 0.160. The quantitative estimate of drug-likeness (QED) is 0.665. The molecule has 0 bridgehead atoms. The zero-order valence-corrected chi connectivity index (χ0v) is 16.5. The van der Waals surface area contributed by atoms with Crippen LogP contribution in [0.1, 0.15) is 27.6 Å². The van der Waals surface area contributed by atoms with Crippen LogP contribution in [0.4, 0.5) is 5.69 Å². The lowest BCUT2D eigenvalue weighted by atomic mass is 9.69. The van der Waals surface area contributed by atoms with Gasteiger partial charge in [-0.3, -0.25) is 9.59 Å². The molecule has 0 radical (unpaired) electrons. The number of anilines is 1. The van der Waals surface area contributed by atoms with Crippen LogP contribution in [0.25, 0.3) is 6.08 Å². The molecule has 5 rings (SSSR count). The largest absolute Gasteiger partial charge is 0.469 e. The third-order valence-electron chi connectivity index (χ3n) is 6.31. The minimum absolute atomic E-state index is 0.199. The summed E-state index contributed by atoms with van der Waals surface area (Å²) in [5, 5.41) is 10.3. The monoisotopic (exact) mass is 409 g/mol. The number of ketones is 1. The summed E-state index contributed by atoms with van der Waals surface area (Å²) in [4.78, 5) is 28.7. The molecule has 1 fully saturated rings. The number of furan rings is 1. The summed E-state index contributed by atoms with van der Waals surface area (Å²) in [6, 6.07) is 20.5. The number of carbonyl (C=O) groups is 2. The molecule has 1 aromatic heterocycles. The van der Waals surface area contributed by atoms with E-state index in [1.54, 1.807) is 42.5 Å². The molecule has 0 unspecified atom stereocenters. The average molecular weight is 409 g/mol. The number of para-hydroxylation sites is 1. The van der Waals surface area contributed by atoms with Gasteiger partial charge in [-0.05, 0) is 23.8 Å². The molecule has 152 valence electrons. The summed E-state index contributed by atoms with van der Waals surface area (Å²) in [5.41, 5.74) is 6.38. The summed E-state index contributed by atoms with van der Waals surface area (Å²) in [6.45, 7) is 0. The lowest BCUT2D eigenvalue weighted by molar-refractivity contribution is -0.125. The molecule has 2 aliphatic rings. The van der Waals surface area contributed by atoms with Gasteiger partial charge in [-0.1, -0.05) is 60.7 Å². The Bertz CT molecular complexity index is 1230. The zero-order chi connectivity index (χ0) is 21.6. The fourth-order valence-electron chi connectivity index (χ4n) is 4.98. The molecule has 6 heteroatoms. The Balaban J connectivity index is 1.80. The van der Waals surface area contributed by atoms with Crippen molar-refractivity contribution in [3.8, 4) is 6.07 Å². The van der Waals surface area contributed by atoms with Crippen LogP contribution in [-0.2, 0) is 4.79 Å². The molecule has 0 saturated carbocycles. The molecule has 1 saturated heterocycles. The normalized spacial score (nSPS) is 26.0. The Morgan fingerprint density at radius 1 is 1.03 bits per heavy atom. The predicted molar refractivity (Wildman–Crippen MR) is 115 cm³/mol. The van der Waals surface area contributed by atoms with E-state index in [1.165, 1.54) is 6.26 Å². The van der Waals surface area contributed by atoms with Gasteiger partial charge in [0.2, 0.25) is 5.91 Å². The molecule has 0 aliphatic carbocycles. The number of primary amides is 1. The van der Waals surface area contributed by atoms with Crippen molar-refractivity contribution in [2.45, 2.75) is 18.0 Å². The van der Waals surface area contributed by atoms with Gasteiger partial charge in [-0.25, -0.2) is 0 Å². The van der Waals surface area contributed by atoms with Crippen LogP contribution in [0.3, 0.4) is 0 Å². The van der Waals surface area contributed by atoms with E-state index in [0.717, 1.165) is 11.3 Å². The van der Waals surface area contributed by atoms with Crippen LogP contribution in [0.2, 0.25) is 0 Å². The van der Waals surface area contributed by atoms with Gasteiger partial charge in [0, 0.05) is 11.3 Å². The van der Waals surface area contributed by atoms with Gasteiger partial charge in [0.25, 0.3) is 0 Å². The minimum Gasteiger partial charge on any atom is -0.469 e. The van der Waals surface area contributed by atoms with Crippen molar-refractivity contribution in [2.24, 2.45) is 11.1 Å². The molecule has 6 nitrogen and oxygen atoms in total. The van der Waals surface area contributed by atoms with E-state index in [2.05, 4.69) is 6.07 Å². The summed E-state index contributed by atoms with van der Waals surface area (Å²) >= 11 is 0. The van der Waals surface area contributed by atoms with Crippen LogP contribution in [0.5, 0.6) is 0 Å². The lowest BCUT2D eigenvalue weighted by Crippen LogP contribution is -2.48. The van der Waals surface area contributed by atoms with E-state index in [1.807, 2.05) is 41.3 Å². The molecule has 3 heterocycles. The van der Waals surface area contributed by atoms with Gasteiger partial charge < -0.3 is 15.1 Å². The molecular formula is C25H19N3O3. The lowest BCUT2D eigenvalue weighted by Gasteiger charge is -2.36. The molecular weight excluding hydrogens is 390 g/mol. The summed E-state index contributed by atoms with van der Waals surface area (Å²) in [5.74, 6) is -1.47. The molecule has 3 aromatic rings. The van der Waals surface area contributed by atoms with Gasteiger partial charge in [-0.15, -0.1) is 0 Å². The number of nitrogens with zero attached hydrogens (tertiary/aromatic N) is 2. The maximum Gasteiger partial charge on any atom is 0.241 e. The SMILES string of the molecule is N#C[C@]1(C(N)=O)[C@H](c2ccco2)[C@H](C(=O)c2ccccc2)N2c3ccccc3C=C[C@@H]21. The van der Waals surface area contributed by atoms with Gasteiger partial charge in [0.1, 0.15) is 11.8 Å². The third kappa shape index (κ3) is 2.57. The number of nitrogens with two attached hydrogens (primary N) is 1. The van der Waals surface area contributed by atoms with Crippen molar-refractivity contribution < 1.29 is 14.0 Å². The van der Waals surface area contributed by atoms with E-state index in [0.29, 0.717) is 11.3 Å². The Labute approximate surface area is 179 Å². The van der Waals surface area contributed by atoms with Crippen molar-refractivity contribution in [1.29, 1.82) is 5.26 Å². The maximum atomic E-state index is 13.9. The molecule has 2 N–H and O–H groups in total. The molecule has 2 aromatic carbocycles. The highest BCUT2D eigenvalue weighted by Crippen LogP contribution is 2.55. The number of hydrogen-bond acceptors (Lipinski definition) is 5. The standard InChI is InChI=1S/C25H19N3O3/c26-15-25(24(27)30)20-13-12-16-7-4-5-10-18(16)28(20)22(21(25)19-11-6-14-31-19)23(29)17-8-2-1-3-9-17/h1-14,20-22H,(H2,27,30)/t20-,21-,22-,25-/m1/s1. The summed E-state index contributed by atoms with van der Waals surface area (Å²) < 4.78 is 5.67. The number of carbonyl (C=O) groups excluding carboxylic acids is 2. The first-order valence-electron chi connectivity index (χ1n) is 9.99. The van der Waals surface area contributed by atoms with Crippen LogP contribution in [-0.4, -0.2) is 23.8 Å². The van der Waals surface area contributed by atoms with Gasteiger partial charge in [0.15, 0.2) is 11.2 Å². The van der Waals surface area contributed by atoms with Crippen molar-refractivity contribution in [2.75, 3.05) is 4.90 Å². The molecule has 1 amide bonds. The second-order valence-corrected chi connectivity index (χ2v) is 7.78. The second kappa shape index (κ2) is 6.99. The first-order valence-corrected chi connectivity index (χ1v) is 9.99. The maximum absolute atomic E-state index is 13.9. The second-order valence-electron chi connectivity index (χ2n) is 7.78. The molecule has 2 aliphatic heterocycles. The van der Waals surface area contributed by atoms with Gasteiger partial charge in [-0.2, -0.15) is 5.26 Å². The zero-order valence-electron chi connectivity index (χ0n) is 16.5. The van der Waals surface area contributed by atoms with E-state index in [-0.39, 0.29) is 5.78 Å². The molecule has 31 heavy (non-hydrogen) atoms. The van der Waals surface area contributed by atoms with Crippen LogP contribution in [0.15, 0.2) is 83.5 Å². The number of Topliss-reactive ketones (excluding diaryl/α,β-unsaturated/α-hetero) is 1. The van der Waals surface area contributed by atoms with E-state index in [4.69, 9.17) is 10.2 Å². The van der Waals surface area contributed by atoms with Gasteiger partial charge in [0.05, 0.1) is 24.3 Å². The third-order valence-corrected chi connectivity index (χ3v) is 6.31. The smallest absolute Gasteiger partial charge is 0.241 e. The highest BCUT2D eigenvalue weighted by molar-refractivity contribution is 6.06. The first kappa shape index (κ1) is 18.9. The number of nitriles is 1. The van der Waals surface area contributed by atoms with Crippen molar-refractivity contribution in [1.82, 2.24) is 0 Å². The Morgan fingerprint density at radius 3 is 2.45 bits per heavy atom. The number of rotatable bonds is 4. The predicted octanol–water partition coefficient (Wildman–Crippen LogP) is 3.53. The first-order chi connectivity index (χ1) is 15.1. The summed E-state index contributed by atoms with van der Waals surface area (Å²) in [6.07, 6.45) is 5.15. The summed E-state index contributed by atoms with van der Waals surface area (Å²) in [7, 11) is 0. The topological polar surface area (TPSA) is 100 Å². The van der Waals surface area contributed by atoms with E-state index >= 15 is 0 Å². The molecule has 0 spiro atoms. The van der Waals surface area contributed by atoms with Crippen LogP contribution in [0, 0.1) is 16.7 Å².